The zero-order valence-corrected chi connectivity index (χ0v) is 18.0. The Labute approximate surface area is 188 Å². The minimum absolute atomic E-state index is 0.0219. The monoisotopic (exact) mass is 428 g/mol. The lowest BCUT2D eigenvalue weighted by atomic mass is 9.96. The van der Waals surface area contributed by atoms with E-state index < -0.39 is 0 Å². The largest absolute Gasteiger partial charge is 0.326 e. The molecule has 0 aliphatic carbocycles. The molecule has 6 heteroatoms. The minimum atomic E-state index is -0.330. The van der Waals surface area contributed by atoms with E-state index in [-0.39, 0.29) is 17.9 Å². The lowest BCUT2D eigenvalue weighted by molar-refractivity contribution is -0.121. The highest BCUT2D eigenvalue weighted by molar-refractivity contribution is 6.00. The van der Waals surface area contributed by atoms with Gasteiger partial charge in [-0.25, -0.2) is 4.79 Å². The lowest BCUT2D eigenvalue weighted by Crippen LogP contribution is -2.40. The standard InChI is InChI=1S/C26H28N4O2/c31-25(21-11-8-16-30(19-21)18-20-9-3-1-4-10-20)27-23-14-7-15-24(17-23)29-26(32)28-22-12-5-2-6-13-22/h1-7,9-10,12-15,17,21H,8,11,16,18-19H2,(H,27,31)(H2,28,29,32)/t21-/m0/s1. The van der Waals surface area contributed by atoms with Gasteiger partial charge in [-0.1, -0.05) is 54.6 Å². The molecular weight excluding hydrogens is 400 g/mol. The van der Waals surface area contributed by atoms with E-state index in [2.05, 4.69) is 33.0 Å². The van der Waals surface area contributed by atoms with Crippen LogP contribution < -0.4 is 16.0 Å². The third kappa shape index (κ3) is 6.18. The maximum absolute atomic E-state index is 12.9. The fraction of sp³-hybridized carbons (Fsp3) is 0.231. The quantitative estimate of drug-likeness (QED) is 0.506. The molecule has 4 rings (SSSR count). The Morgan fingerprint density at radius 1 is 0.781 bits per heavy atom. The Balaban J connectivity index is 1.31. The number of hydrogen-bond acceptors (Lipinski definition) is 3. The number of likely N-dealkylation sites (tertiary alicyclic amines) is 1. The topological polar surface area (TPSA) is 73.5 Å². The first kappa shape index (κ1) is 21.6. The zero-order chi connectivity index (χ0) is 22.2. The summed E-state index contributed by atoms with van der Waals surface area (Å²) < 4.78 is 0. The van der Waals surface area contributed by atoms with Crippen molar-refractivity contribution in [2.24, 2.45) is 5.92 Å². The van der Waals surface area contributed by atoms with Gasteiger partial charge < -0.3 is 16.0 Å². The molecule has 164 valence electrons. The molecular formula is C26H28N4O2. The molecule has 1 fully saturated rings. The molecule has 1 aliphatic heterocycles. The number of carbonyl (C=O) groups excluding carboxylic acids is 2. The second-order valence-corrected chi connectivity index (χ2v) is 8.08. The molecule has 0 spiro atoms. The Morgan fingerprint density at radius 3 is 2.16 bits per heavy atom. The average Bonchev–Trinajstić information content (AvgIpc) is 2.81. The number of hydrogen-bond donors (Lipinski definition) is 3. The minimum Gasteiger partial charge on any atom is -0.326 e. The number of rotatable bonds is 6. The van der Waals surface area contributed by atoms with Crippen LogP contribution in [-0.4, -0.2) is 29.9 Å². The normalized spacial score (nSPS) is 16.2. The number of anilines is 3. The lowest BCUT2D eigenvalue weighted by Gasteiger charge is -2.32. The summed E-state index contributed by atoms with van der Waals surface area (Å²) in [6.07, 6.45) is 1.89. The summed E-state index contributed by atoms with van der Waals surface area (Å²) >= 11 is 0. The molecule has 0 aromatic heterocycles. The average molecular weight is 429 g/mol. The fourth-order valence-electron chi connectivity index (χ4n) is 3.99. The van der Waals surface area contributed by atoms with E-state index in [0.717, 1.165) is 32.5 Å². The number of piperidine rings is 1. The van der Waals surface area contributed by atoms with E-state index in [1.165, 1.54) is 5.56 Å². The van der Waals surface area contributed by atoms with E-state index in [4.69, 9.17) is 0 Å². The van der Waals surface area contributed by atoms with Crippen molar-refractivity contribution in [1.29, 1.82) is 0 Å². The predicted octanol–water partition coefficient (Wildman–Crippen LogP) is 5.18. The highest BCUT2D eigenvalue weighted by Crippen LogP contribution is 2.22. The van der Waals surface area contributed by atoms with Gasteiger partial charge in [0.1, 0.15) is 0 Å². The zero-order valence-electron chi connectivity index (χ0n) is 18.0. The van der Waals surface area contributed by atoms with Crippen molar-refractivity contribution in [3.63, 3.8) is 0 Å². The number of benzene rings is 3. The Morgan fingerprint density at radius 2 is 1.41 bits per heavy atom. The molecule has 3 amide bonds. The molecule has 3 aromatic carbocycles. The summed E-state index contributed by atoms with van der Waals surface area (Å²) in [5, 5.41) is 8.61. The first-order chi connectivity index (χ1) is 15.7. The summed E-state index contributed by atoms with van der Waals surface area (Å²) in [7, 11) is 0. The van der Waals surface area contributed by atoms with Gasteiger partial charge in [-0.05, 0) is 55.3 Å². The Kier molecular flexibility index (Phi) is 7.15. The maximum atomic E-state index is 12.9. The Hall–Kier alpha value is -3.64. The molecule has 6 nitrogen and oxygen atoms in total. The second-order valence-electron chi connectivity index (χ2n) is 8.08. The van der Waals surface area contributed by atoms with Crippen LogP contribution in [-0.2, 0) is 11.3 Å². The first-order valence-electron chi connectivity index (χ1n) is 11.0. The van der Waals surface area contributed by atoms with Crippen LogP contribution in [0.4, 0.5) is 21.9 Å². The van der Waals surface area contributed by atoms with Crippen molar-refractivity contribution >= 4 is 29.0 Å². The molecule has 32 heavy (non-hydrogen) atoms. The van der Waals surface area contributed by atoms with E-state index >= 15 is 0 Å². The van der Waals surface area contributed by atoms with E-state index in [9.17, 15) is 9.59 Å². The third-order valence-electron chi connectivity index (χ3n) is 5.54. The molecule has 1 atom stereocenters. The van der Waals surface area contributed by atoms with Crippen LogP contribution in [0.3, 0.4) is 0 Å². The highest BCUT2D eigenvalue weighted by atomic mass is 16.2. The van der Waals surface area contributed by atoms with Gasteiger partial charge in [0, 0.05) is 30.2 Å². The molecule has 0 bridgehead atoms. The summed E-state index contributed by atoms with van der Waals surface area (Å²) in [4.78, 5) is 27.5. The van der Waals surface area contributed by atoms with Crippen molar-refractivity contribution in [1.82, 2.24) is 4.90 Å². The Bertz CT molecular complexity index is 1040. The smallest absolute Gasteiger partial charge is 0.323 e. The van der Waals surface area contributed by atoms with Crippen LogP contribution in [0.25, 0.3) is 0 Å². The van der Waals surface area contributed by atoms with Crippen LogP contribution in [0.15, 0.2) is 84.9 Å². The molecule has 3 aromatic rings. The number of para-hydroxylation sites is 1. The van der Waals surface area contributed by atoms with Crippen molar-refractivity contribution in [2.45, 2.75) is 19.4 Å². The van der Waals surface area contributed by atoms with Crippen molar-refractivity contribution in [2.75, 3.05) is 29.0 Å². The number of carbonyl (C=O) groups is 2. The van der Waals surface area contributed by atoms with Crippen molar-refractivity contribution in [3.8, 4) is 0 Å². The van der Waals surface area contributed by atoms with Crippen LogP contribution in [0.2, 0.25) is 0 Å². The third-order valence-corrected chi connectivity index (χ3v) is 5.54. The molecule has 0 saturated carbocycles. The van der Waals surface area contributed by atoms with Gasteiger partial charge >= 0.3 is 6.03 Å². The molecule has 0 radical (unpaired) electrons. The highest BCUT2D eigenvalue weighted by Gasteiger charge is 2.26. The van der Waals surface area contributed by atoms with Gasteiger partial charge in [0.25, 0.3) is 0 Å². The summed E-state index contributed by atoms with van der Waals surface area (Å²) in [5.74, 6) is -0.0286. The number of nitrogens with zero attached hydrogens (tertiary/aromatic N) is 1. The van der Waals surface area contributed by atoms with Gasteiger partial charge in [-0.15, -0.1) is 0 Å². The number of urea groups is 1. The van der Waals surface area contributed by atoms with Crippen LogP contribution >= 0.6 is 0 Å². The van der Waals surface area contributed by atoms with Gasteiger partial charge in [0.15, 0.2) is 0 Å². The summed E-state index contributed by atoms with van der Waals surface area (Å²) in [6.45, 7) is 2.62. The number of nitrogens with one attached hydrogen (secondary N) is 3. The molecule has 1 aliphatic rings. The first-order valence-corrected chi connectivity index (χ1v) is 11.0. The molecule has 3 N–H and O–H groups in total. The van der Waals surface area contributed by atoms with E-state index in [0.29, 0.717) is 17.1 Å². The van der Waals surface area contributed by atoms with Crippen LogP contribution in [0, 0.1) is 5.92 Å². The van der Waals surface area contributed by atoms with Crippen molar-refractivity contribution in [3.05, 3.63) is 90.5 Å². The summed E-state index contributed by atoms with van der Waals surface area (Å²) in [5.41, 5.74) is 3.27. The van der Waals surface area contributed by atoms with E-state index in [1.54, 1.807) is 12.1 Å². The second kappa shape index (κ2) is 10.6. The SMILES string of the molecule is O=C(Nc1ccccc1)Nc1cccc(NC(=O)[C@H]2CCCN(Cc3ccccc3)C2)c1. The maximum Gasteiger partial charge on any atom is 0.323 e. The number of amides is 3. The van der Waals surface area contributed by atoms with Gasteiger partial charge in [0.05, 0.1) is 5.92 Å². The predicted molar refractivity (Wildman–Crippen MR) is 129 cm³/mol. The molecule has 1 heterocycles. The summed E-state index contributed by atoms with van der Waals surface area (Å²) in [6, 6.07) is 26.5. The van der Waals surface area contributed by atoms with Gasteiger partial charge in [0.2, 0.25) is 5.91 Å². The fourth-order valence-corrected chi connectivity index (χ4v) is 3.99. The van der Waals surface area contributed by atoms with Gasteiger partial charge in [-0.3, -0.25) is 9.69 Å². The van der Waals surface area contributed by atoms with Crippen molar-refractivity contribution < 1.29 is 9.59 Å². The van der Waals surface area contributed by atoms with E-state index in [1.807, 2.05) is 60.7 Å². The molecule has 1 saturated heterocycles. The van der Waals surface area contributed by atoms with Gasteiger partial charge in [-0.2, -0.15) is 0 Å². The van der Waals surface area contributed by atoms with Crippen LogP contribution in [0.5, 0.6) is 0 Å². The van der Waals surface area contributed by atoms with Crippen LogP contribution in [0.1, 0.15) is 18.4 Å². The molecule has 0 unspecified atom stereocenters.